The second kappa shape index (κ2) is 8.57. The van der Waals surface area contributed by atoms with Gasteiger partial charge in [0.05, 0.1) is 17.4 Å². The van der Waals surface area contributed by atoms with E-state index in [0.29, 0.717) is 49.4 Å². The lowest BCUT2D eigenvalue weighted by atomic mass is 10.1. The number of carbonyl (C=O) groups excluding carboxylic acids is 2. The molecule has 1 aromatic heterocycles. The third-order valence-corrected chi connectivity index (χ3v) is 5.76. The standard InChI is InChI=1S/C22H30FN5O4/c1-22(2,3)32-21(30)27-9-7-26(8-10-27)16-12-15(23)18(20(24)29)19-14(16)13-25-28(19)17-6-4-5-11-31-17/h12-13,17H,4-11H2,1-3H3,(H2,24,29). The molecule has 1 unspecified atom stereocenters. The summed E-state index contributed by atoms with van der Waals surface area (Å²) < 4.78 is 28.0. The highest BCUT2D eigenvalue weighted by atomic mass is 19.1. The number of rotatable bonds is 3. The molecule has 2 aliphatic rings. The molecule has 1 atom stereocenters. The third kappa shape index (κ3) is 4.36. The van der Waals surface area contributed by atoms with Crippen molar-refractivity contribution in [1.82, 2.24) is 14.7 Å². The summed E-state index contributed by atoms with van der Waals surface area (Å²) in [5.74, 6) is -1.53. The van der Waals surface area contributed by atoms with E-state index in [-0.39, 0.29) is 17.9 Å². The number of anilines is 1. The van der Waals surface area contributed by atoms with Crippen LogP contribution in [0.5, 0.6) is 0 Å². The fraction of sp³-hybridized carbons (Fsp3) is 0.591. The van der Waals surface area contributed by atoms with Gasteiger partial charge in [-0.25, -0.2) is 13.9 Å². The van der Waals surface area contributed by atoms with Crippen molar-refractivity contribution in [2.45, 2.75) is 51.9 Å². The second-order valence-corrected chi connectivity index (χ2v) is 9.24. The Morgan fingerprint density at radius 1 is 1.22 bits per heavy atom. The fourth-order valence-electron chi connectivity index (χ4n) is 4.27. The lowest BCUT2D eigenvalue weighted by molar-refractivity contribution is -0.0367. The number of halogens is 1. The van der Waals surface area contributed by atoms with Crippen molar-refractivity contribution in [3.63, 3.8) is 0 Å². The normalized spacial score (nSPS) is 19.9. The number of carbonyl (C=O) groups is 2. The zero-order valence-corrected chi connectivity index (χ0v) is 18.8. The van der Waals surface area contributed by atoms with Crippen molar-refractivity contribution in [2.75, 3.05) is 37.7 Å². The second-order valence-electron chi connectivity index (χ2n) is 9.24. The van der Waals surface area contributed by atoms with Crippen LogP contribution in [0.15, 0.2) is 12.3 Å². The summed E-state index contributed by atoms with van der Waals surface area (Å²) in [5, 5.41) is 5.09. The van der Waals surface area contributed by atoms with E-state index in [0.717, 1.165) is 19.3 Å². The molecule has 2 aliphatic heterocycles. The summed E-state index contributed by atoms with van der Waals surface area (Å²) in [6, 6.07) is 1.33. The van der Waals surface area contributed by atoms with Gasteiger partial charge in [0.15, 0.2) is 6.23 Å². The van der Waals surface area contributed by atoms with Crippen LogP contribution in [0.1, 0.15) is 56.6 Å². The molecule has 10 heteroatoms. The summed E-state index contributed by atoms with van der Waals surface area (Å²) in [6.07, 6.45) is 3.56. The van der Waals surface area contributed by atoms with Gasteiger partial charge in [-0.1, -0.05) is 0 Å². The Bertz CT molecular complexity index is 1020. The molecular weight excluding hydrogens is 417 g/mol. The number of fused-ring (bicyclic) bond motifs is 1. The van der Waals surface area contributed by atoms with Crippen molar-refractivity contribution in [1.29, 1.82) is 0 Å². The summed E-state index contributed by atoms with van der Waals surface area (Å²) in [4.78, 5) is 28.1. The Morgan fingerprint density at radius 3 is 2.53 bits per heavy atom. The number of piperazine rings is 1. The molecule has 32 heavy (non-hydrogen) atoms. The van der Waals surface area contributed by atoms with Crippen LogP contribution in [-0.4, -0.2) is 65.1 Å². The van der Waals surface area contributed by atoms with E-state index in [4.69, 9.17) is 15.2 Å². The van der Waals surface area contributed by atoms with E-state index in [1.807, 2.05) is 25.7 Å². The van der Waals surface area contributed by atoms with Gasteiger partial charge in [-0.05, 0) is 46.1 Å². The van der Waals surface area contributed by atoms with Crippen LogP contribution in [0.4, 0.5) is 14.9 Å². The van der Waals surface area contributed by atoms with Crippen molar-refractivity contribution >= 4 is 28.6 Å². The van der Waals surface area contributed by atoms with Crippen LogP contribution < -0.4 is 10.6 Å². The Kier molecular flexibility index (Phi) is 5.98. The number of nitrogens with zero attached hydrogens (tertiary/aromatic N) is 4. The van der Waals surface area contributed by atoms with Crippen LogP contribution in [0.3, 0.4) is 0 Å². The van der Waals surface area contributed by atoms with Gasteiger partial charge < -0.3 is 25.0 Å². The van der Waals surface area contributed by atoms with Gasteiger partial charge in [-0.2, -0.15) is 5.10 Å². The lowest BCUT2D eigenvalue weighted by Crippen LogP contribution is -2.50. The van der Waals surface area contributed by atoms with Crippen LogP contribution in [0.25, 0.3) is 10.9 Å². The molecule has 2 N–H and O–H groups in total. The Balaban J connectivity index is 1.64. The molecule has 2 fully saturated rings. The largest absolute Gasteiger partial charge is 0.444 e. The van der Waals surface area contributed by atoms with Gasteiger partial charge in [-0.15, -0.1) is 0 Å². The van der Waals surface area contributed by atoms with Gasteiger partial charge in [0, 0.05) is 38.2 Å². The average molecular weight is 448 g/mol. The van der Waals surface area contributed by atoms with Crippen molar-refractivity contribution in [3.8, 4) is 0 Å². The fourth-order valence-corrected chi connectivity index (χ4v) is 4.27. The summed E-state index contributed by atoms with van der Waals surface area (Å²) in [5.41, 5.74) is 5.77. The number of nitrogens with two attached hydrogens (primary N) is 1. The van der Waals surface area contributed by atoms with Crippen LogP contribution in [-0.2, 0) is 9.47 Å². The molecular formula is C22H30FN5O4. The minimum Gasteiger partial charge on any atom is -0.444 e. The van der Waals surface area contributed by atoms with E-state index in [2.05, 4.69) is 5.10 Å². The van der Waals surface area contributed by atoms with Crippen molar-refractivity contribution in [3.05, 3.63) is 23.6 Å². The van der Waals surface area contributed by atoms with Gasteiger partial charge in [0.1, 0.15) is 17.0 Å². The molecule has 0 bridgehead atoms. The monoisotopic (exact) mass is 447 g/mol. The molecule has 0 saturated carbocycles. The first kappa shape index (κ1) is 22.3. The minimum atomic E-state index is -0.841. The van der Waals surface area contributed by atoms with Gasteiger partial charge >= 0.3 is 6.09 Å². The summed E-state index contributed by atoms with van der Waals surface area (Å²) >= 11 is 0. The molecule has 0 aliphatic carbocycles. The highest BCUT2D eigenvalue weighted by molar-refractivity contribution is 6.08. The molecule has 2 saturated heterocycles. The lowest BCUT2D eigenvalue weighted by Gasteiger charge is -2.37. The van der Waals surface area contributed by atoms with Gasteiger partial charge in [-0.3, -0.25) is 4.79 Å². The number of hydrogen-bond donors (Lipinski definition) is 1. The molecule has 3 heterocycles. The van der Waals surface area contributed by atoms with Gasteiger partial charge in [0.25, 0.3) is 5.91 Å². The van der Waals surface area contributed by atoms with E-state index in [1.54, 1.807) is 15.8 Å². The summed E-state index contributed by atoms with van der Waals surface area (Å²) in [6.45, 7) is 7.94. The van der Waals surface area contributed by atoms with Crippen LogP contribution in [0, 0.1) is 5.82 Å². The van der Waals surface area contributed by atoms with E-state index < -0.39 is 17.3 Å². The first-order chi connectivity index (χ1) is 15.2. The number of hydrogen-bond acceptors (Lipinski definition) is 6. The smallest absolute Gasteiger partial charge is 0.410 e. The first-order valence-corrected chi connectivity index (χ1v) is 11.0. The number of primary amides is 1. The molecule has 2 aromatic rings. The van der Waals surface area contributed by atoms with E-state index in [9.17, 15) is 9.59 Å². The molecule has 9 nitrogen and oxygen atoms in total. The predicted molar refractivity (Wildman–Crippen MR) is 117 cm³/mol. The molecule has 0 spiro atoms. The molecule has 0 radical (unpaired) electrons. The number of ether oxygens (including phenoxy) is 2. The van der Waals surface area contributed by atoms with E-state index >= 15 is 4.39 Å². The molecule has 2 amide bonds. The highest BCUT2D eigenvalue weighted by Gasteiger charge is 2.30. The number of benzene rings is 1. The van der Waals surface area contributed by atoms with Crippen LogP contribution >= 0.6 is 0 Å². The number of aromatic nitrogens is 2. The predicted octanol–water partition coefficient (Wildman–Crippen LogP) is 3.03. The Labute approximate surface area is 186 Å². The first-order valence-electron chi connectivity index (χ1n) is 11.0. The quantitative estimate of drug-likeness (QED) is 0.776. The van der Waals surface area contributed by atoms with Crippen molar-refractivity contribution < 1.29 is 23.5 Å². The Hall–Kier alpha value is -2.88. The third-order valence-electron chi connectivity index (χ3n) is 5.76. The molecule has 4 rings (SSSR count). The Morgan fingerprint density at radius 2 is 1.94 bits per heavy atom. The summed E-state index contributed by atoms with van der Waals surface area (Å²) in [7, 11) is 0. The maximum absolute atomic E-state index is 15.1. The average Bonchev–Trinajstić information content (AvgIpc) is 3.17. The highest BCUT2D eigenvalue weighted by Crippen LogP contribution is 2.35. The maximum Gasteiger partial charge on any atom is 0.410 e. The van der Waals surface area contributed by atoms with E-state index in [1.165, 1.54) is 6.07 Å². The van der Waals surface area contributed by atoms with Crippen molar-refractivity contribution in [2.24, 2.45) is 5.73 Å². The van der Waals surface area contributed by atoms with Crippen LogP contribution in [0.2, 0.25) is 0 Å². The zero-order chi connectivity index (χ0) is 23.0. The van der Waals surface area contributed by atoms with Gasteiger partial charge in [0.2, 0.25) is 0 Å². The zero-order valence-electron chi connectivity index (χ0n) is 18.8. The maximum atomic E-state index is 15.1. The minimum absolute atomic E-state index is 0.178. The topological polar surface area (TPSA) is 103 Å². The molecule has 1 aromatic carbocycles. The number of amides is 2. The molecule has 174 valence electrons. The SMILES string of the molecule is CC(C)(C)OC(=O)N1CCN(c2cc(F)c(C(N)=O)c3c2cnn3C2CCCCO2)CC1.